The molecule has 62 valence electrons. The average Bonchev–Trinajstić information content (AvgIpc) is 1.94. The summed E-state index contributed by atoms with van der Waals surface area (Å²) < 4.78 is 0. The summed E-state index contributed by atoms with van der Waals surface area (Å²) in [4.78, 5) is 0. The predicted molar refractivity (Wildman–Crippen MR) is 47.3 cm³/mol. The summed E-state index contributed by atoms with van der Waals surface area (Å²) in [7, 11) is 0. The first-order valence-corrected chi connectivity index (χ1v) is 4.13. The van der Waals surface area contributed by atoms with Gasteiger partial charge in [-0.3, -0.25) is 0 Å². The third-order valence-electron chi connectivity index (χ3n) is 2.37. The maximum absolute atomic E-state index is 9.38. The van der Waals surface area contributed by atoms with Crippen LogP contribution < -0.4 is 0 Å². The minimum absolute atomic E-state index is 0.203. The van der Waals surface area contributed by atoms with E-state index in [1.807, 2.05) is 13.8 Å². The monoisotopic (exact) mass is 152 g/mol. The maximum Gasteiger partial charge on any atom is 0.0748 e. The third-order valence-corrected chi connectivity index (χ3v) is 2.37. The summed E-state index contributed by atoms with van der Waals surface area (Å²) in [5.74, 6) is 0.499. The van der Waals surface area contributed by atoms with E-state index in [0.717, 1.165) is 18.4 Å². The second-order valence-corrected chi connectivity index (χ2v) is 3.46. The van der Waals surface area contributed by atoms with Crippen molar-refractivity contribution >= 4 is 0 Å². The van der Waals surface area contributed by atoms with Crippen LogP contribution in [-0.2, 0) is 0 Å². The van der Waals surface area contributed by atoms with Crippen LogP contribution in [0.15, 0.2) is 23.8 Å². The first-order valence-electron chi connectivity index (χ1n) is 4.13. The van der Waals surface area contributed by atoms with E-state index in [1.54, 1.807) is 0 Å². The van der Waals surface area contributed by atoms with Crippen LogP contribution in [0.2, 0.25) is 0 Å². The fourth-order valence-corrected chi connectivity index (χ4v) is 1.47. The molecule has 1 heteroatoms. The van der Waals surface area contributed by atoms with Crippen molar-refractivity contribution in [3.05, 3.63) is 23.8 Å². The summed E-state index contributed by atoms with van der Waals surface area (Å²) >= 11 is 0. The molecule has 1 nitrogen and oxygen atoms in total. The standard InChI is InChI=1S/C10H16O/c1-7(2)9-4-5-10(11)8(3)6-9/h6,9-11H,1,4-5H2,2-3H3/t9-,10+/m1/s1. The van der Waals surface area contributed by atoms with Gasteiger partial charge in [-0.15, -0.1) is 0 Å². The molecule has 1 rings (SSSR count). The fourth-order valence-electron chi connectivity index (χ4n) is 1.47. The molecule has 0 saturated carbocycles. The molecule has 0 radical (unpaired) electrons. The Balaban J connectivity index is 2.69. The number of aliphatic hydroxyl groups is 1. The molecular weight excluding hydrogens is 136 g/mol. The molecular formula is C10H16O. The Hall–Kier alpha value is -0.560. The van der Waals surface area contributed by atoms with Crippen LogP contribution in [0.4, 0.5) is 0 Å². The van der Waals surface area contributed by atoms with E-state index < -0.39 is 0 Å². The van der Waals surface area contributed by atoms with Crippen molar-refractivity contribution in [2.45, 2.75) is 32.8 Å². The van der Waals surface area contributed by atoms with Crippen LogP contribution in [0.5, 0.6) is 0 Å². The smallest absolute Gasteiger partial charge is 0.0748 e. The van der Waals surface area contributed by atoms with Gasteiger partial charge < -0.3 is 5.11 Å². The molecule has 0 aromatic carbocycles. The highest BCUT2D eigenvalue weighted by Gasteiger charge is 2.17. The zero-order valence-electron chi connectivity index (χ0n) is 7.30. The number of hydrogen-bond donors (Lipinski definition) is 1. The summed E-state index contributed by atoms with van der Waals surface area (Å²) in [6, 6.07) is 0. The number of hydrogen-bond acceptors (Lipinski definition) is 1. The normalized spacial score (nSPS) is 31.4. The Morgan fingerprint density at radius 2 is 2.27 bits per heavy atom. The van der Waals surface area contributed by atoms with Gasteiger partial charge in [0.15, 0.2) is 0 Å². The van der Waals surface area contributed by atoms with Gasteiger partial charge in [-0.2, -0.15) is 0 Å². The molecule has 0 saturated heterocycles. The lowest BCUT2D eigenvalue weighted by Crippen LogP contribution is -2.17. The molecule has 0 amide bonds. The van der Waals surface area contributed by atoms with E-state index in [0.29, 0.717) is 5.92 Å². The number of rotatable bonds is 1. The van der Waals surface area contributed by atoms with Gasteiger partial charge in [-0.1, -0.05) is 18.2 Å². The molecule has 0 bridgehead atoms. The lowest BCUT2D eigenvalue weighted by atomic mass is 9.86. The van der Waals surface area contributed by atoms with E-state index in [-0.39, 0.29) is 6.10 Å². The van der Waals surface area contributed by atoms with E-state index in [9.17, 15) is 5.11 Å². The van der Waals surface area contributed by atoms with Crippen molar-refractivity contribution < 1.29 is 5.11 Å². The van der Waals surface area contributed by atoms with Gasteiger partial charge in [-0.05, 0) is 38.2 Å². The molecule has 0 fully saturated rings. The lowest BCUT2D eigenvalue weighted by molar-refractivity contribution is 0.185. The van der Waals surface area contributed by atoms with Crippen LogP contribution in [0, 0.1) is 5.92 Å². The Bertz CT molecular complexity index is 191. The van der Waals surface area contributed by atoms with E-state index >= 15 is 0 Å². The van der Waals surface area contributed by atoms with Crippen LogP contribution in [0.3, 0.4) is 0 Å². The molecule has 0 aromatic rings. The Labute approximate surface area is 68.4 Å². The molecule has 1 N–H and O–H groups in total. The van der Waals surface area contributed by atoms with Gasteiger partial charge >= 0.3 is 0 Å². The SMILES string of the molecule is C=C(C)[C@H]1C=C(C)[C@@H](O)CC1. The van der Waals surface area contributed by atoms with Gasteiger partial charge in [0.2, 0.25) is 0 Å². The molecule has 1 aliphatic rings. The fraction of sp³-hybridized carbons (Fsp3) is 0.600. The highest BCUT2D eigenvalue weighted by molar-refractivity contribution is 5.17. The molecule has 0 spiro atoms. The number of aliphatic hydroxyl groups excluding tert-OH is 1. The zero-order valence-corrected chi connectivity index (χ0v) is 7.30. The van der Waals surface area contributed by atoms with Crippen LogP contribution in [0.25, 0.3) is 0 Å². The van der Waals surface area contributed by atoms with Crippen LogP contribution in [0.1, 0.15) is 26.7 Å². The van der Waals surface area contributed by atoms with Gasteiger partial charge in [-0.25, -0.2) is 0 Å². The second kappa shape index (κ2) is 3.22. The summed E-state index contributed by atoms with van der Waals surface area (Å²) in [6.07, 6.45) is 3.87. The summed E-state index contributed by atoms with van der Waals surface area (Å²) in [5.41, 5.74) is 2.31. The van der Waals surface area contributed by atoms with Gasteiger partial charge in [0.05, 0.1) is 6.10 Å². The molecule has 11 heavy (non-hydrogen) atoms. The average molecular weight is 152 g/mol. The Kier molecular flexibility index (Phi) is 2.50. The topological polar surface area (TPSA) is 20.2 Å². The predicted octanol–water partition coefficient (Wildman–Crippen LogP) is 2.28. The molecule has 2 atom stereocenters. The molecule has 0 aliphatic heterocycles. The zero-order chi connectivity index (χ0) is 8.43. The van der Waals surface area contributed by atoms with Crippen molar-refractivity contribution in [3.8, 4) is 0 Å². The van der Waals surface area contributed by atoms with Gasteiger partial charge in [0, 0.05) is 0 Å². The minimum atomic E-state index is -0.203. The highest BCUT2D eigenvalue weighted by atomic mass is 16.3. The van der Waals surface area contributed by atoms with Crippen molar-refractivity contribution in [2.24, 2.45) is 5.92 Å². The van der Waals surface area contributed by atoms with Crippen LogP contribution >= 0.6 is 0 Å². The van der Waals surface area contributed by atoms with Crippen molar-refractivity contribution in [2.75, 3.05) is 0 Å². The molecule has 1 aliphatic carbocycles. The first-order chi connectivity index (χ1) is 5.11. The lowest BCUT2D eigenvalue weighted by Gasteiger charge is -2.23. The number of allylic oxidation sites excluding steroid dienone is 2. The quantitative estimate of drug-likeness (QED) is 0.571. The largest absolute Gasteiger partial charge is 0.389 e. The minimum Gasteiger partial charge on any atom is -0.389 e. The van der Waals surface area contributed by atoms with E-state index in [4.69, 9.17) is 0 Å². The highest BCUT2D eigenvalue weighted by Crippen LogP contribution is 2.27. The summed E-state index contributed by atoms with van der Waals surface area (Å²) in [5, 5.41) is 9.38. The summed E-state index contributed by atoms with van der Waals surface area (Å²) in [6.45, 7) is 7.95. The van der Waals surface area contributed by atoms with Crippen molar-refractivity contribution in [1.82, 2.24) is 0 Å². The Morgan fingerprint density at radius 3 is 2.73 bits per heavy atom. The molecule has 0 heterocycles. The van der Waals surface area contributed by atoms with Crippen molar-refractivity contribution in [1.29, 1.82) is 0 Å². The Morgan fingerprint density at radius 1 is 1.64 bits per heavy atom. The van der Waals surface area contributed by atoms with Crippen molar-refractivity contribution in [3.63, 3.8) is 0 Å². The van der Waals surface area contributed by atoms with E-state index in [2.05, 4.69) is 12.7 Å². The molecule has 0 aromatic heterocycles. The molecule has 0 unspecified atom stereocenters. The van der Waals surface area contributed by atoms with E-state index in [1.165, 1.54) is 5.57 Å². The second-order valence-electron chi connectivity index (χ2n) is 3.46. The third kappa shape index (κ3) is 1.93. The maximum atomic E-state index is 9.38. The first kappa shape index (κ1) is 8.54. The van der Waals surface area contributed by atoms with Crippen LogP contribution in [-0.4, -0.2) is 11.2 Å². The van der Waals surface area contributed by atoms with Gasteiger partial charge in [0.25, 0.3) is 0 Å². The van der Waals surface area contributed by atoms with Gasteiger partial charge in [0.1, 0.15) is 0 Å².